The summed E-state index contributed by atoms with van der Waals surface area (Å²) in [5.41, 5.74) is 2.06. The molecule has 2 fully saturated rings. The summed E-state index contributed by atoms with van der Waals surface area (Å²) in [5.74, 6) is 0. The predicted molar refractivity (Wildman–Crippen MR) is 79.2 cm³/mol. The number of benzene rings is 1. The van der Waals surface area contributed by atoms with E-state index in [4.69, 9.17) is 0 Å². The van der Waals surface area contributed by atoms with Crippen molar-refractivity contribution in [2.45, 2.75) is 44.7 Å². The number of nitrogens with zero attached hydrogens (tertiary/aromatic N) is 2. The van der Waals surface area contributed by atoms with Gasteiger partial charge in [-0.25, -0.2) is 0 Å². The van der Waals surface area contributed by atoms with Crippen LogP contribution in [0.5, 0.6) is 0 Å². The summed E-state index contributed by atoms with van der Waals surface area (Å²) in [6.07, 6.45) is 4.81. The standard InChI is InChI=1S/C15H21N3O2/c1-11-13(6-2-7-14(11)18(19)20)17-10-4-8-15(17)12-5-3-9-16-12/h2,6-7,12,15-16H,3-5,8-10H2,1H3. The molecule has 5 heteroatoms. The first-order chi connectivity index (χ1) is 9.68. The molecule has 5 nitrogen and oxygen atoms in total. The number of nitro groups is 1. The van der Waals surface area contributed by atoms with Crippen LogP contribution in [0.2, 0.25) is 0 Å². The van der Waals surface area contributed by atoms with Crippen LogP contribution < -0.4 is 10.2 Å². The highest BCUT2D eigenvalue weighted by Gasteiger charge is 2.34. The van der Waals surface area contributed by atoms with Crippen LogP contribution in [0.15, 0.2) is 18.2 Å². The fourth-order valence-electron chi connectivity index (χ4n) is 3.67. The molecular weight excluding hydrogens is 254 g/mol. The smallest absolute Gasteiger partial charge is 0.274 e. The van der Waals surface area contributed by atoms with Gasteiger partial charge in [-0.2, -0.15) is 0 Å². The lowest BCUT2D eigenvalue weighted by Gasteiger charge is -2.32. The average molecular weight is 275 g/mol. The van der Waals surface area contributed by atoms with Crippen LogP contribution in [0.4, 0.5) is 11.4 Å². The first kappa shape index (κ1) is 13.4. The molecule has 2 saturated heterocycles. The molecule has 1 aromatic rings. The van der Waals surface area contributed by atoms with Crippen molar-refractivity contribution in [2.75, 3.05) is 18.0 Å². The van der Waals surface area contributed by atoms with Crippen molar-refractivity contribution in [1.29, 1.82) is 0 Å². The monoisotopic (exact) mass is 275 g/mol. The second-order valence-corrected chi connectivity index (χ2v) is 5.78. The molecule has 0 aromatic heterocycles. The lowest BCUT2D eigenvalue weighted by molar-refractivity contribution is -0.385. The molecule has 3 rings (SSSR count). The van der Waals surface area contributed by atoms with Crippen LogP contribution in [-0.4, -0.2) is 30.1 Å². The highest BCUT2D eigenvalue weighted by molar-refractivity contribution is 5.62. The van der Waals surface area contributed by atoms with Crippen molar-refractivity contribution in [3.8, 4) is 0 Å². The van der Waals surface area contributed by atoms with Gasteiger partial charge in [0.1, 0.15) is 0 Å². The predicted octanol–water partition coefficient (Wildman–Crippen LogP) is 2.62. The molecule has 2 aliphatic rings. The molecule has 0 spiro atoms. The summed E-state index contributed by atoms with van der Waals surface area (Å²) in [5, 5.41) is 14.7. The summed E-state index contributed by atoms with van der Waals surface area (Å²) in [7, 11) is 0. The highest BCUT2D eigenvalue weighted by atomic mass is 16.6. The molecule has 2 atom stereocenters. The van der Waals surface area contributed by atoms with Gasteiger partial charge in [0, 0.05) is 30.4 Å². The quantitative estimate of drug-likeness (QED) is 0.680. The molecule has 1 N–H and O–H groups in total. The van der Waals surface area contributed by atoms with Gasteiger partial charge >= 0.3 is 0 Å². The van der Waals surface area contributed by atoms with Crippen LogP contribution >= 0.6 is 0 Å². The third kappa shape index (κ3) is 2.26. The summed E-state index contributed by atoms with van der Waals surface area (Å²) in [6.45, 7) is 3.97. The Bertz CT molecular complexity index is 512. The molecule has 0 amide bonds. The molecule has 2 heterocycles. The minimum atomic E-state index is -0.280. The van der Waals surface area contributed by atoms with Gasteiger partial charge in [0.15, 0.2) is 0 Å². The van der Waals surface area contributed by atoms with Crippen LogP contribution in [0.25, 0.3) is 0 Å². The average Bonchev–Trinajstić information content (AvgIpc) is 3.09. The summed E-state index contributed by atoms with van der Waals surface area (Å²) in [6, 6.07) is 6.44. The van der Waals surface area contributed by atoms with E-state index < -0.39 is 0 Å². The minimum absolute atomic E-state index is 0.229. The summed E-state index contributed by atoms with van der Waals surface area (Å²) < 4.78 is 0. The largest absolute Gasteiger partial charge is 0.367 e. The van der Waals surface area contributed by atoms with Gasteiger partial charge in [-0.15, -0.1) is 0 Å². The zero-order valence-electron chi connectivity index (χ0n) is 11.8. The molecule has 2 unspecified atom stereocenters. The van der Waals surface area contributed by atoms with E-state index in [0.717, 1.165) is 24.3 Å². The number of rotatable bonds is 3. The van der Waals surface area contributed by atoms with Crippen LogP contribution in [-0.2, 0) is 0 Å². The molecule has 0 bridgehead atoms. The van der Waals surface area contributed by atoms with E-state index >= 15 is 0 Å². The van der Waals surface area contributed by atoms with E-state index in [-0.39, 0.29) is 10.6 Å². The fourth-order valence-corrected chi connectivity index (χ4v) is 3.67. The molecule has 1 aromatic carbocycles. The Morgan fingerprint density at radius 1 is 1.35 bits per heavy atom. The zero-order valence-corrected chi connectivity index (χ0v) is 11.8. The maximum absolute atomic E-state index is 11.1. The normalized spacial score (nSPS) is 26.1. The SMILES string of the molecule is Cc1c(N2CCCC2C2CCCN2)cccc1[N+](=O)[O-]. The van der Waals surface area contributed by atoms with Gasteiger partial charge in [-0.3, -0.25) is 10.1 Å². The number of hydrogen-bond donors (Lipinski definition) is 1. The van der Waals surface area contributed by atoms with Gasteiger partial charge in [-0.05, 0) is 45.2 Å². The molecule has 108 valence electrons. The molecule has 2 aliphatic heterocycles. The van der Waals surface area contributed by atoms with Crippen molar-refractivity contribution >= 4 is 11.4 Å². The second kappa shape index (κ2) is 5.40. The Morgan fingerprint density at radius 2 is 2.20 bits per heavy atom. The summed E-state index contributed by atoms with van der Waals surface area (Å²) in [4.78, 5) is 13.2. The van der Waals surface area contributed by atoms with Crippen LogP contribution in [0.3, 0.4) is 0 Å². The fraction of sp³-hybridized carbons (Fsp3) is 0.600. The lowest BCUT2D eigenvalue weighted by Crippen LogP contribution is -2.44. The van der Waals surface area contributed by atoms with Gasteiger partial charge in [0.25, 0.3) is 5.69 Å². The Hall–Kier alpha value is -1.62. The first-order valence-electron chi connectivity index (χ1n) is 7.42. The molecule has 0 saturated carbocycles. The molecule has 0 radical (unpaired) electrons. The Morgan fingerprint density at radius 3 is 2.90 bits per heavy atom. The van der Waals surface area contributed by atoms with Crippen molar-refractivity contribution in [1.82, 2.24) is 5.32 Å². The number of nitro benzene ring substituents is 1. The van der Waals surface area contributed by atoms with E-state index in [0.29, 0.717) is 12.1 Å². The first-order valence-corrected chi connectivity index (χ1v) is 7.42. The lowest BCUT2D eigenvalue weighted by atomic mass is 10.0. The van der Waals surface area contributed by atoms with Gasteiger partial charge in [-0.1, -0.05) is 6.07 Å². The Kier molecular flexibility index (Phi) is 3.61. The van der Waals surface area contributed by atoms with Crippen molar-refractivity contribution in [3.05, 3.63) is 33.9 Å². The van der Waals surface area contributed by atoms with Crippen molar-refractivity contribution in [3.63, 3.8) is 0 Å². The molecule has 0 aliphatic carbocycles. The van der Waals surface area contributed by atoms with Crippen molar-refractivity contribution < 1.29 is 4.92 Å². The second-order valence-electron chi connectivity index (χ2n) is 5.78. The molecule has 20 heavy (non-hydrogen) atoms. The third-order valence-corrected chi connectivity index (χ3v) is 4.64. The number of anilines is 1. The topological polar surface area (TPSA) is 58.4 Å². The molecular formula is C15H21N3O2. The van der Waals surface area contributed by atoms with Gasteiger partial charge < -0.3 is 10.2 Å². The van der Waals surface area contributed by atoms with E-state index in [1.165, 1.54) is 25.7 Å². The highest BCUT2D eigenvalue weighted by Crippen LogP contribution is 2.35. The Labute approximate surface area is 119 Å². The van der Waals surface area contributed by atoms with E-state index in [1.807, 2.05) is 13.0 Å². The van der Waals surface area contributed by atoms with Crippen molar-refractivity contribution in [2.24, 2.45) is 0 Å². The van der Waals surface area contributed by atoms with E-state index in [9.17, 15) is 10.1 Å². The van der Waals surface area contributed by atoms with Crippen LogP contribution in [0, 0.1) is 17.0 Å². The van der Waals surface area contributed by atoms with E-state index in [1.54, 1.807) is 12.1 Å². The maximum Gasteiger partial charge on any atom is 0.274 e. The summed E-state index contributed by atoms with van der Waals surface area (Å²) >= 11 is 0. The van der Waals surface area contributed by atoms with Gasteiger partial charge in [0.2, 0.25) is 0 Å². The number of hydrogen-bond acceptors (Lipinski definition) is 4. The zero-order chi connectivity index (χ0) is 14.1. The minimum Gasteiger partial charge on any atom is -0.367 e. The van der Waals surface area contributed by atoms with Gasteiger partial charge in [0.05, 0.1) is 10.5 Å². The van der Waals surface area contributed by atoms with E-state index in [2.05, 4.69) is 10.2 Å². The Balaban J connectivity index is 1.91. The maximum atomic E-state index is 11.1. The number of nitrogens with one attached hydrogen (secondary N) is 1. The third-order valence-electron chi connectivity index (χ3n) is 4.64. The van der Waals surface area contributed by atoms with Crippen LogP contribution in [0.1, 0.15) is 31.2 Å².